The van der Waals surface area contributed by atoms with E-state index in [1.807, 2.05) is 0 Å². The Hall–Kier alpha value is -3.66. The lowest BCUT2D eigenvalue weighted by Gasteiger charge is -2.34. The zero-order valence-electron chi connectivity index (χ0n) is 23.3. The maximum Gasteiger partial charge on any atom is 0.417 e. The number of nitrogens with zero attached hydrogens (tertiary/aromatic N) is 5. The van der Waals surface area contributed by atoms with E-state index in [1.165, 1.54) is 31.2 Å². The number of hydrogen-bond acceptors (Lipinski definition) is 6. The normalized spacial score (nSPS) is 16.2. The van der Waals surface area contributed by atoms with Crippen LogP contribution in [0.15, 0.2) is 41.5 Å². The molecule has 1 aromatic heterocycles. The number of alkyl halides is 3. The van der Waals surface area contributed by atoms with Crippen molar-refractivity contribution in [1.29, 1.82) is 5.26 Å². The summed E-state index contributed by atoms with van der Waals surface area (Å²) in [4.78, 5) is 47.0. The van der Waals surface area contributed by atoms with Gasteiger partial charge in [-0.25, -0.2) is 14.7 Å². The molecule has 0 bridgehead atoms. The Labute approximate surface area is 256 Å². The number of imide groups is 1. The van der Waals surface area contributed by atoms with Gasteiger partial charge in [-0.05, 0) is 63.1 Å². The number of carbonyl (C=O) groups is 3. The van der Waals surface area contributed by atoms with Crippen LogP contribution >= 0.6 is 23.2 Å². The molecule has 228 valence electrons. The Morgan fingerprint density at radius 1 is 1.00 bits per heavy atom. The number of halogens is 5. The molecule has 1 N–H and O–H groups in total. The van der Waals surface area contributed by atoms with E-state index < -0.39 is 29.1 Å². The predicted octanol–water partition coefficient (Wildman–Crippen LogP) is 6.27. The monoisotopic (exact) mass is 636 g/mol. The van der Waals surface area contributed by atoms with E-state index in [1.54, 1.807) is 4.90 Å². The maximum atomic E-state index is 13.4. The number of urea groups is 1. The Morgan fingerprint density at radius 2 is 1.65 bits per heavy atom. The predicted molar refractivity (Wildman–Crippen MR) is 156 cm³/mol. The van der Waals surface area contributed by atoms with Crippen molar-refractivity contribution >= 4 is 52.4 Å². The molecule has 3 heterocycles. The van der Waals surface area contributed by atoms with Crippen molar-refractivity contribution < 1.29 is 27.6 Å². The lowest BCUT2D eigenvalue weighted by molar-refractivity contribution is -0.138. The van der Waals surface area contributed by atoms with Gasteiger partial charge >= 0.3 is 12.2 Å². The van der Waals surface area contributed by atoms with Crippen molar-refractivity contribution in [2.24, 2.45) is 0 Å². The quantitative estimate of drug-likeness (QED) is 0.197. The second kappa shape index (κ2) is 13.8. The molecule has 0 atom stereocenters. The van der Waals surface area contributed by atoms with E-state index in [4.69, 9.17) is 28.5 Å². The number of benzene rings is 1. The summed E-state index contributed by atoms with van der Waals surface area (Å²) in [7, 11) is 0. The number of unbranched alkanes of at least 4 members (excludes halogenated alkanes) is 3. The average Bonchev–Trinajstić information content (AvgIpc) is 3.16. The van der Waals surface area contributed by atoms with Crippen LogP contribution in [0.4, 0.5) is 29.3 Å². The van der Waals surface area contributed by atoms with Gasteiger partial charge in [-0.2, -0.15) is 18.4 Å². The third-order valence-electron chi connectivity index (χ3n) is 7.45. The summed E-state index contributed by atoms with van der Waals surface area (Å²) in [6.45, 7) is 4.97. The number of amides is 4. The number of nitriles is 1. The number of aromatic nitrogens is 1. The summed E-state index contributed by atoms with van der Waals surface area (Å²) < 4.78 is 40.2. The summed E-state index contributed by atoms with van der Waals surface area (Å²) in [5, 5.41) is 12.2. The van der Waals surface area contributed by atoms with Crippen LogP contribution in [-0.4, -0.2) is 65.4 Å². The molecule has 0 aliphatic carbocycles. The molecular formula is C29H29Cl2F3N6O3. The largest absolute Gasteiger partial charge is 0.417 e. The highest BCUT2D eigenvalue weighted by atomic mass is 35.5. The van der Waals surface area contributed by atoms with Crippen LogP contribution in [0.5, 0.6) is 0 Å². The number of piperazine rings is 1. The topological polar surface area (TPSA) is 110 Å². The number of pyridine rings is 1. The minimum atomic E-state index is -4.80. The molecule has 0 saturated carbocycles. The molecule has 2 aromatic rings. The van der Waals surface area contributed by atoms with E-state index in [0.717, 1.165) is 49.9 Å². The highest BCUT2D eigenvalue weighted by molar-refractivity contribution is 6.33. The Balaban J connectivity index is 1.18. The molecule has 1 aromatic carbocycles. The fourth-order valence-electron chi connectivity index (χ4n) is 5.12. The molecule has 0 spiro atoms. The van der Waals surface area contributed by atoms with Crippen molar-refractivity contribution in [2.45, 2.75) is 45.2 Å². The molecule has 43 heavy (non-hydrogen) atoms. The summed E-state index contributed by atoms with van der Waals surface area (Å²) >= 11 is 11.8. The fourth-order valence-corrected chi connectivity index (χ4v) is 5.58. The molecule has 14 heteroatoms. The van der Waals surface area contributed by atoms with Gasteiger partial charge in [0.2, 0.25) is 0 Å². The van der Waals surface area contributed by atoms with Gasteiger partial charge < -0.3 is 10.2 Å². The van der Waals surface area contributed by atoms with Crippen molar-refractivity contribution in [2.75, 3.05) is 42.9 Å². The number of carbonyl (C=O) groups excluding carboxylic acids is 3. The summed E-state index contributed by atoms with van der Waals surface area (Å²) in [5.74, 6) is -1.28. The molecule has 2 aliphatic heterocycles. The Morgan fingerprint density at radius 3 is 2.28 bits per heavy atom. The minimum absolute atomic E-state index is 0.191. The van der Waals surface area contributed by atoms with Gasteiger partial charge in [0.15, 0.2) is 0 Å². The Bertz CT molecular complexity index is 1460. The van der Waals surface area contributed by atoms with Crippen LogP contribution in [0, 0.1) is 11.3 Å². The SMILES string of the molecule is CC1=C(CCCCCCN2CCN(C(=O)Nc3cc(Cl)nc(Cl)c3)CC2)C(=O)N(c2ccc(C#N)c(C(F)(F)F)c2)C1=O. The molecule has 4 amide bonds. The Kier molecular flexibility index (Phi) is 10.3. The van der Waals surface area contributed by atoms with Crippen LogP contribution < -0.4 is 10.2 Å². The highest BCUT2D eigenvalue weighted by Gasteiger charge is 2.39. The van der Waals surface area contributed by atoms with Gasteiger partial charge in [-0.15, -0.1) is 0 Å². The molecule has 2 aliphatic rings. The minimum Gasteiger partial charge on any atom is -0.322 e. The van der Waals surface area contributed by atoms with Crippen LogP contribution in [0.1, 0.15) is 50.2 Å². The molecule has 4 rings (SSSR count). The first-order chi connectivity index (χ1) is 20.4. The highest BCUT2D eigenvalue weighted by Crippen LogP contribution is 2.37. The number of hydrogen-bond donors (Lipinski definition) is 1. The van der Waals surface area contributed by atoms with Gasteiger partial charge in [0.1, 0.15) is 10.3 Å². The lowest BCUT2D eigenvalue weighted by atomic mass is 10.0. The van der Waals surface area contributed by atoms with E-state index in [9.17, 15) is 27.6 Å². The van der Waals surface area contributed by atoms with Gasteiger partial charge in [-0.3, -0.25) is 14.5 Å². The van der Waals surface area contributed by atoms with Gasteiger partial charge in [0, 0.05) is 43.0 Å². The van der Waals surface area contributed by atoms with E-state index in [2.05, 4.69) is 15.2 Å². The fraction of sp³-hybridized carbons (Fsp3) is 0.414. The number of nitrogens with one attached hydrogen (secondary N) is 1. The van der Waals surface area contributed by atoms with Crippen molar-refractivity contribution in [3.05, 3.63) is 62.9 Å². The van der Waals surface area contributed by atoms with Gasteiger partial charge in [0.05, 0.1) is 22.9 Å². The second-order valence-electron chi connectivity index (χ2n) is 10.3. The third-order valence-corrected chi connectivity index (χ3v) is 7.84. The van der Waals surface area contributed by atoms with E-state index in [0.29, 0.717) is 43.3 Å². The van der Waals surface area contributed by atoms with Crippen LogP contribution in [0.25, 0.3) is 0 Å². The molecule has 1 fully saturated rings. The molecule has 9 nitrogen and oxygen atoms in total. The molecule has 0 unspecified atom stereocenters. The van der Waals surface area contributed by atoms with E-state index in [-0.39, 0.29) is 27.6 Å². The number of anilines is 2. The zero-order valence-corrected chi connectivity index (χ0v) is 24.8. The summed E-state index contributed by atoms with van der Waals surface area (Å²) in [6.07, 6.45) is -1.18. The van der Waals surface area contributed by atoms with E-state index >= 15 is 0 Å². The van der Waals surface area contributed by atoms with Crippen molar-refractivity contribution in [3.8, 4) is 6.07 Å². The second-order valence-corrected chi connectivity index (χ2v) is 11.1. The summed E-state index contributed by atoms with van der Waals surface area (Å²) in [5.41, 5.74) is -0.979. The molecule has 1 saturated heterocycles. The third kappa shape index (κ3) is 7.84. The standard InChI is InChI=1S/C29H29Cl2F3N6O3/c1-18-22(27(42)40(26(18)41)21-8-7-19(17-35)23(16-21)29(32,33)34)6-4-2-3-5-9-38-10-12-39(13-11-38)28(43)36-20-14-24(30)37-25(31)15-20/h7-8,14-16H,2-6,9-13H2,1H3,(H,36,37,43). The smallest absolute Gasteiger partial charge is 0.322 e. The van der Waals surface area contributed by atoms with Gasteiger partial charge in [0.25, 0.3) is 11.8 Å². The molecular weight excluding hydrogens is 608 g/mol. The number of rotatable bonds is 9. The first-order valence-corrected chi connectivity index (χ1v) is 14.5. The van der Waals surface area contributed by atoms with Crippen molar-refractivity contribution in [1.82, 2.24) is 14.8 Å². The lowest BCUT2D eigenvalue weighted by Crippen LogP contribution is -2.50. The van der Waals surface area contributed by atoms with Crippen LogP contribution in [0.2, 0.25) is 10.3 Å². The first kappa shape index (κ1) is 32.3. The molecule has 0 radical (unpaired) electrons. The zero-order chi connectivity index (χ0) is 31.3. The van der Waals surface area contributed by atoms with Gasteiger partial charge in [-0.1, -0.05) is 36.0 Å². The maximum absolute atomic E-state index is 13.4. The van der Waals surface area contributed by atoms with Crippen LogP contribution in [0.3, 0.4) is 0 Å². The first-order valence-electron chi connectivity index (χ1n) is 13.7. The average molecular weight is 637 g/mol. The van der Waals surface area contributed by atoms with Crippen LogP contribution in [-0.2, 0) is 15.8 Å². The van der Waals surface area contributed by atoms with Crippen molar-refractivity contribution in [3.63, 3.8) is 0 Å². The summed E-state index contributed by atoms with van der Waals surface area (Å²) in [6, 6.07) is 7.13.